The summed E-state index contributed by atoms with van der Waals surface area (Å²) in [6.07, 6.45) is 2.25. The largest absolute Gasteiger partial charge is 0.477 e. The number of fused-ring (bicyclic) bond motifs is 2. The average Bonchev–Trinajstić information content (AvgIpc) is 3.56. The molecular formula is C32H32ClN7O7. The number of aromatic nitrogens is 3. The predicted molar refractivity (Wildman–Crippen MR) is 176 cm³/mol. The number of esters is 1. The number of carboxylic acids is 1. The van der Waals surface area contributed by atoms with Gasteiger partial charge in [-0.05, 0) is 47.7 Å². The quantitative estimate of drug-likeness (QED) is 0.146. The van der Waals surface area contributed by atoms with Crippen molar-refractivity contribution in [2.45, 2.75) is 32.5 Å². The standard InChI is InChI=1S/C18H16N4O5.C14H15N3O2.ClH/c1-10(11-3-5-12(6-4-11)18(26)27-2)20-16(23)13-9-14(17(24)25)22-15(21-13)7-8-19-22;15-6-8-1-2-9-3-4-17(7-10(9)5-8)12-11(16)13(18)14(12)19;/h3-10H,1-2H3,(H,20,23)(H,24,25);1-2,5H,3-4,6-7,15-16H2;1H/t10-;;/m0../s1. The number of amides is 1. The molecule has 1 aliphatic rings. The van der Waals surface area contributed by atoms with Crippen molar-refractivity contribution >= 4 is 47.3 Å². The Kier molecular flexibility index (Phi) is 10.4. The van der Waals surface area contributed by atoms with Crippen LogP contribution in [0.1, 0.15) is 66.6 Å². The summed E-state index contributed by atoms with van der Waals surface area (Å²) in [5.74, 6) is -2.19. The average molecular weight is 662 g/mol. The van der Waals surface area contributed by atoms with Gasteiger partial charge in [-0.15, -0.1) is 12.4 Å². The van der Waals surface area contributed by atoms with E-state index in [1.165, 1.54) is 31.0 Å². The number of nitrogens with zero attached hydrogens (tertiary/aromatic N) is 4. The number of aromatic carboxylic acids is 1. The van der Waals surface area contributed by atoms with E-state index < -0.39 is 28.7 Å². The molecule has 2 aromatic heterocycles. The summed E-state index contributed by atoms with van der Waals surface area (Å²) in [5.41, 5.74) is 15.4. The molecule has 244 valence electrons. The Bertz CT molecular complexity index is 2030. The van der Waals surface area contributed by atoms with Gasteiger partial charge in [0.15, 0.2) is 11.3 Å². The van der Waals surface area contributed by atoms with Crippen molar-refractivity contribution in [1.29, 1.82) is 0 Å². The van der Waals surface area contributed by atoms with Gasteiger partial charge < -0.3 is 31.5 Å². The summed E-state index contributed by atoms with van der Waals surface area (Å²) >= 11 is 0. The van der Waals surface area contributed by atoms with Gasteiger partial charge in [0.1, 0.15) is 17.1 Å². The lowest BCUT2D eigenvalue weighted by molar-refractivity contribution is 0.0599. The summed E-state index contributed by atoms with van der Waals surface area (Å²) in [6.45, 7) is 3.58. The van der Waals surface area contributed by atoms with Crippen molar-refractivity contribution in [2.75, 3.05) is 24.3 Å². The normalized spacial score (nSPS) is 12.7. The van der Waals surface area contributed by atoms with Gasteiger partial charge in [-0.2, -0.15) is 5.10 Å². The first-order chi connectivity index (χ1) is 22.0. The molecule has 0 aliphatic carbocycles. The second-order valence-electron chi connectivity index (χ2n) is 10.6. The Morgan fingerprint density at radius 3 is 2.40 bits per heavy atom. The number of rotatable bonds is 7. The number of hydrogen-bond acceptors (Lipinski definition) is 11. The minimum atomic E-state index is -1.22. The molecule has 1 amide bonds. The molecule has 3 aromatic carbocycles. The van der Waals surface area contributed by atoms with Crippen molar-refractivity contribution in [3.63, 3.8) is 0 Å². The minimum absolute atomic E-state index is 0. The highest BCUT2D eigenvalue weighted by atomic mass is 35.5. The van der Waals surface area contributed by atoms with Gasteiger partial charge in [0.2, 0.25) is 0 Å². The van der Waals surface area contributed by atoms with E-state index in [2.05, 4.69) is 32.3 Å². The number of hydrogen-bond donors (Lipinski definition) is 4. The van der Waals surface area contributed by atoms with Gasteiger partial charge in [0.05, 0.1) is 24.9 Å². The lowest BCUT2D eigenvalue weighted by Crippen LogP contribution is -2.44. The number of nitrogens with two attached hydrogens (primary N) is 2. The molecule has 0 spiro atoms. The van der Waals surface area contributed by atoms with E-state index in [1.54, 1.807) is 31.2 Å². The smallest absolute Gasteiger partial charge is 0.354 e. The maximum absolute atomic E-state index is 12.5. The van der Waals surface area contributed by atoms with Crippen LogP contribution in [0.2, 0.25) is 0 Å². The van der Waals surface area contributed by atoms with Crippen LogP contribution in [0.5, 0.6) is 0 Å². The summed E-state index contributed by atoms with van der Waals surface area (Å²) in [5, 5.41) is 15.9. The van der Waals surface area contributed by atoms with Crippen molar-refractivity contribution in [1.82, 2.24) is 19.9 Å². The van der Waals surface area contributed by atoms with Crippen molar-refractivity contribution in [3.05, 3.63) is 120 Å². The van der Waals surface area contributed by atoms with Gasteiger partial charge >= 0.3 is 11.9 Å². The third-order valence-corrected chi connectivity index (χ3v) is 7.75. The number of anilines is 2. The monoisotopic (exact) mass is 661 g/mol. The number of ether oxygens (including phenoxy) is 1. The fourth-order valence-electron chi connectivity index (χ4n) is 5.20. The first-order valence-electron chi connectivity index (χ1n) is 14.2. The molecule has 47 heavy (non-hydrogen) atoms. The highest BCUT2D eigenvalue weighted by Gasteiger charge is 2.27. The van der Waals surface area contributed by atoms with E-state index in [1.807, 2.05) is 11.0 Å². The summed E-state index contributed by atoms with van der Waals surface area (Å²) in [6, 6.07) is 15.1. The molecule has 5 aromatic rings. The van der Waals surface area contributed by atoms with E-state index in [4.69, 9.17) is 11.5 Å². The number of nitrogen functional groups attached to an aromatic ring is 1. The Morgan fingerprint density at radius 1 is 1.04 bits per heavy atom. The number of benzene rings is 2. The number of carboxylic acid groups (broad SMARTS) is 1. The van der Waals surface area contributed by atoms with Gasteiger partial charge in [-0.25, -0.2) is 19.1 Å². The molecule has 0 saturated carbocycles. The van der Waals surface area contributed by atoms with E-state index in [-0.39, 0.29) is 41.2 Å². The van der Waals surface area contributed by atoms with E-state index in [0.717, 1.165) is 27.6 Å². The number of nitrogens with one attached hydrogen (secondary N) is 1. The molecule has 14 nitrogen and oxygen atoms in total. The Hall–Kier alpha value is -5.60. The fourth-order valence-corrected chi connectivity index (χ4v) is 5.20. The molecule has 0 fully saturated rings. The van der Waals surface area contributed by atoms with E-state index in [0.29, 0.717) is 30.9 Å². The number of methoxy groups -OCH3 is 1. The highest BCUT2D eigenvalue weighted by Crippen LogP contribution is 2.26. The maximum atomic E-state index is 12.5. The molecule has 6 N–H and O–H groups in total. The van der Waals surface area contributed by atoms with Crippen LogP contribution < -0.4 is 32.5 Å². The molecule has 1 atom stereocenters. The van der Waals surface area contributed by atoms with Gasteiger partial charge in [-0.3, -0.25) is 14.4 Å². The zero-order valence-electron chi connectivity index (χ0n) is 25.4. The zero-order chi connectivity index (χ0) is 33.1. The van der Waals surface area contributed by atoms with Gasteiger partial charge in [0.25, 0.3) is 16.8 Å². The molecule has 3 heterocycles. The van der Waals surface area contributed by atoms with Crippen molar-refractivity contribution < 1.29 is 24.2 Å². The van der Waals surface area contributed by atoms with Crippen LogP contribution >= 0.6 is 12.4 Å². The molecule has 0 saturated heterocycles. The Balaban J connectivity index is 0.000000220. The number of halogens is 1. The second kappa shape index (κ2) is 14.2. The molecule has 15 heteroatoms. The van der Waals surface area contributed by atoms with Crippen LogP contribution in [0.3, 0.4) is 0 Å². The third kappa shape index (κ3) is 6.98. The maximum Gasteiger partial charge on any atom is 0.354 e. The summed E-state index contributed by atoms with van der Waals surface area (Å²) in [7, 11) is 1.30. The minimum Gasteiger partial charge on any atom is -0.477 e. The number of carbonyl (C=O) groups excluding carboxylic acids is 2. The van der Waals surface area contributed by atoms with Crippen LogP contribution in [0, 0.1) is 0 Å². The molecule has 0 bridgehead atoms. The molecular weight excluding hydrogens is 630 g/mol. The second-order valence-corrected chi connectivity index (χ2v) is 10.6. The Labute approximate surface area is 274 Å². The summed E-state index contributed by atoms with van der Waals surface area (Å²) in [4.78, 5) is 64.1. The lowest BCUT2D eigenvalue weighted by atomic mass is 9.96. The van der Waals surface area contributed by atoms with Crippen LogP contribution in [-0.2, 0) is 24.2 Å². The van der Waals surface area contributed by atoms with Crippen molar-refractivity contribution in [3.8, 4) is 0 Å². The Morgan fingerprint density at radius 2 is 1.77 bits per heavy atom. The van der Waals surface area contributed by atoms with E-state index >= 15 is 0 Å². The lowest BCUT2D eigenvalue weighted by Gasteiger charge is -2.31. The van der Waals surface area contributed by atoms with E-state index in [9.17, 15) is 29.1 Å². The SMILES string of the molecule is COC(=O)c1ccc([C@H](C)NC(=O)c2cc(C(=O)O)n3nccc3n2)cc1.Cl.NCc1ccc2c(c1)CN(c1c(N)c(=O)c1=O)CC2. The molecule has 6 rings (SSSR count). The first kappa shape index (κ1) is 34.3. The molecule has 0 radical (unpaired) electrons. The van der Waals surface area contributed by atoms with Crippen LogP contribution in [0.15, 0.2) is 70.4 Å². The van der Waals surface area contributed by atoms with Gasteiger partial charge in [0, 0.05) is 31.8 Å². The zero-order valence-corrected chi connectivity index (χ0v) is 26.2. The van der Waals surface area contributed by atoms with Crippen LogP contribution in [0.4, 0.5) is 11.4 Å². The topological polar surface area (TPSA) is 212 Å². The van der Waals surface area contributed by atoms with Crippen LogP contribution in [-0.4, -0.2) is 51.2 Å². The highest BCUT2D eigenvalue weighted by molar-refractivity contribution is 5.96. The van der Waals surface area contributed by atoms with Crippen molar-refractivity contribution in [2.24, 2.45) is 5.73 Å². The van der Waals surface area contributed by atoms with Crippen LogP contribution in [0.25, 0.3) is 5.65 Å². The number of carbonyl (C=O) groups is 3. The first-order valence-corrected chi connectivity index (χ1v) is 14.2. The molecule has 0 unspecified atom stereocenters. The molecule has 1 aliphatic heterocycles. The third-order valence-electron chi connectivity index (χ3n) is 7.75. The fraction of sp³-hybridized carbons (Fsp3) is 0.219. The van der Waals surface area contributed by atoms with Gasteiger partial charge in [-0.1, -0.05) is 30.3 Å². The summed E-state index contributed by atoms with van der Waals surface area (Å²) < 4.78 is 5.79. The predicted octanol–water partition coefficient (Wildman–Crippen LogP) is 2.01.